The molecule has 4 rings (SSSR count). The standard InChI is InChI=1S/C22H32O5/c1-11-8-15(23)21(3,20(25)27-5)17-16(11)14-7-6-13-10-22(14,9-12(13)2)18(17)19(24)26-4/h11,13-18,23H,2,6-10H2,1,3-5H3/t11-,13+,14?,15?,16?,17+,18?,21?,22-/m0/s1. The predicted molar refractivity (Wildman–Crippen MR) is 99.4 cm³/mol. The lowest BCUT2D eigenvalue weighted by Gasteiger charge is -2.49. The van der Waals surface area contributed by atoms with Gasteiger partial charge >= 0.3 is 11.9 Å². The Bertz CT molecular complexity index is 686. The largest absolute Gasteiger partial charge is 0.469 e. The summed E-state index contributed by atoms with van der Waals surface area (Å²) in [6, 6.07) is 0. The zero-order chi connectivity index (χ0) is 19.7. The summed E-state index contributed by atoms with van der Waals surface area (Å²) in [6.07, 6.45) is 3.74. The second-order valence-corrected chi connectivity index (χ2v) is 9.76. The normalized spacial score (nSPS) is 50.7. The number of hydrogen-bond acceptors (Lipinski definition) is 5. The van der Waals surface area contributed by atoms with E-state index in [0.717, 1.165) is 25.7 Å². The number of rotatable bonds is 2. The predicted octanol–water partition coefficient (Wildman–Crippen LogP) is 2.96. The molecular formula is C22H32O5. The Morgan fingerprint density at radius 2 is 1.93 bits per heavy atom. The molecule has 0 aromatic carbocycles. The van der Waals surface area contributed by atoms with Crippen LogP contribution in [-0.4, -0.2) is 37.4 Å². The zero-order valence-electron chi connectivity index (χ0n) is 16.9. The molecule has 1 N–H and O–H groups in total. The van der Waals surface area contributed by atoms with Crippen molar-refractivity contribution in [2.75, 3.05) is 14.2 Å². The van der Waals surface area contributed by atoms with E-state index >= 15 is 0 Å². The number of allylic oxidation sites excluding steroid dienone is 1. The highest BCUT2D eigenvalue weighted by Gasteiger charge is 2.74. The number of fused-ring (bicyclic) bond motifs is 3. The van der Waals surface area contributed by atoms with E-state index in [1.54, 1.807) is 6.92 Å². The monoisotopic (exact) mass is 376 g/mol. The molecule has 1 spiro atoms. The van der Waals surface area contributed by atoms with Gasteiger partial charge in [-0.05, 0) is 74.0 Å². The van der Waals surface area contributed by atoms with Crippen molar-refractivity contribution >= 4 is 11.9 Å². The fourth-order valence-corrected chi connectivity index (χ4v) is 7.85. The third-order valence-corrected chi connectivity index (χ3v) is 8.90. The number of aliphatic hydroxyl groups excluding tert-OH is 1. The van der Waals surface area contributed by atoms with Crippen LogP contribution in [0, 0.1) is 46.3 Å². The van der Waals surface area contributed by atoms with Gasteiger partial charge in [0.25, 0.3) is 0 Å². The molecule has 4 saturated carbocycles. The first-order valence-electron chi connectivity index (χ1n) is 10.2. The molecule has 0 aliphatic heterocycles. The molecule has 5 nitrogen and oxygen atoms in total. The van der Waals surface area contributed by atoms with Crippen LogP contribution in [0.3, 0.4) is 0 Å². The number of methoxy groups -OCH3 is 2. The second-order valence-electron chi connectivity index (χ2n) is 9.76. The van der Waals surface area contributed by atoms with Gasteiger partial charge in [-0.3, -0.25) is 9.59 Å². The first kappa shape index (κ1) is 19.0. The number of carbonyl (C=O) groups excluding carboxylic acids is 2. The molecule has 0 amide bonds. The van der Waals surface area contributed by atoms with Crippen LogP contribution in [0.5, 0.6) is 0 Å². The summed E-state index contributed by atoms with van der Waals surface area (Å²) < 4.78 is 10.4. The first-order valence-corrected chi connectivity index (χ1v) is 10.2. The Hall–Kier alpha value is -1.36. The summed E-state index contributed by atoms with van der Waals surface area (Å²) in [5.74, 6) is 0.0187. The lowest BCUT2D eigenvalue weighted by atomic mass is 9.55. The number of hydrogen-bond donors (Lipinski definition) is 1. The van der Waals surface area contributed by atoms with Crippen LogP contribution in [0.2, 0.25) is 0 Å². The first-order chi connectivity index (χ1) is 12.7. The molecule has 0 aromatic rings. The zero-order valence-corrected chi connectivity index (χ0v) is 16.9. The smallest absolute Gasteiger partial charge is 0.314 e. The quantitative estimate of drug-likeness (QED) is 0.592. The molecule has 0 aromatic heterocycles. The molecule has 2 bridgehead atoms. The lowest BCUT2D eigenvalue weighted by molar-refractivity contribution is -0.182. The van der Waals surface area contributed by atoms with Crippen molar-refractivity contribution in [2.45, 2.75) is 52.1 Å². The van der Waals surface area contributed by atoms with E-state index in [4.69, 9.17) is 9.47 Å². The van der Waals surface area contributed by atoms with Gasteiger partial charge in [0, 0.05) is 0 Å². The van der Waals surface area contributed by atoms with Gasteiger partial charge in [0.2, 0.25) is 0 Å². The fraction of sp³-hybridized carbons (Fsp3) is 0.818. The highest BCUT2D eigenvalue weighted by atomic mass is 16.5. The molecule has 0 heterocycles. The SMILES string of the molecule is C=C1C[C@]23C[C@H]1CCC2C1[C@H](C3C(=O)OC)C(C)(C(=O)OC)C(O)C[C@@H]1C. The molecule has 4 fully saturated rings. The van der Waals surface area contributed by atoms with E-state index in [-0.39, 0.29) is 35.1 Å². The van der Waals surface area contributed by atoms with Crippen molar-refractivity contribution in [3.8, 4) is 0 Å². The average Bonchev–Trinajstić information content (AvgIpc) is 3.09. The van der Waals surface area contributed by atoms with Gasteiger partial charge in [0.05, 0.1) is 31.7 Å². The Labute approximate surface area is 161 Å². The molecule has 4 aliphatic carbocycles. The van der Waals surface area contributed by atoms with E-state index < -0.39 is 17.5 Å². The van der Waals surface area contributed by atoms with E-state index in [2.05, 4.69) is 13.5 Å². The van der Waals surface area contributed by atoms with Gasteiger partial charge in [0.1, 0.15) is 0 Å². The maximum absolute atomic E-state index is 13.1. The summed E-state index contributed by atoms with van der Waals surface area (Å²) in [5.41, 5.74) is -0.0233. The van der Waals surface area contributed by atoms with Crippen LogP contribution in [-0.2, 0) is 19.1 Å². The maximum Gasteiger partial charge on any atom is 0.314 e. The Kier molecular flexibility index (Phi) is 4.26. The molecule has 0 radical (unpaired) electrons. The van der Waals surface area contributed by atoms with Gasteiger partial charge in [-0.1, -0.05) is 19.1 Å². The van der Waals surface area contributed by atoms with E-state index in [9.17, 15) is 14.7 Å². The van der Waals surface area contributed by atoms with Crippen molar-refractivity contribution in [1.29, 1.82) is 0 Å². The highest BCUT2D eigenvalue weighted by Crippen LogP contribution is 2.74. The van der Waals surface area contributed by atoms with Crippen LogP contribution >= 0.6 is 0 Å². The van der Waals surface area contributed by atoms with Gasteiger partial charge < -0.3 is 14.6 Å². The molecule has 9 atom stereocenters. The molecule has 0 saturated heterocycles. The van der Waals surface area contributed by atoms with Crippen molar-refractivity contribution in [1.82, 2.24) is 0 Å². The van der Waals surface area contributed by atoms with Crippen LogP contribution in [0.1, 0.15) is 46.0 Å². The van der Waals surface area contributed by atoms with E-state index in [0.29, 0.717) is 18.3 Å². The summed E-state index contributed by atoms with van der Waals surface area (Å²) in [7, 11) is 2.80. The minimum atomic E-state index is -1.09. The van der Waals surface area contributed by atoms with Crippen LogP contribution < -0.4 is 0 Å². The molecule has 5 unspecified atom stereocenters. The molecule has 4 aliphatic rings. The van der Waals surface area contributed by atoms with Crippen molar-refractivity contribution in [3.63, 3.8) is 0 Å². The second kappa shape index (κ2) is 6.07. The van der Waals surface area contributed by atoms with Gasteiger partial charge in [-0.15, -0.1) is 0 Å². The molecular weight excluding hydrogens is 344 g/mol. The Morgan fingerprint density at radius 3 is 2.56 bits per heavy atom. The Morgan fingerprint density at radius 1 is 1.22 bits per heavy atom. The summed E-state index contributed by atoms with van der Waals surface area (Å²) >= 11 is 0. The van der Waals surface area contributed by atoms with Crippen LogP contribution in [0.25, 0.3) is 0 Å². The third-order valence-electron chi connectivity index (χ3n) is 8.90. The number of carbonyl (C=O) groups is 2. The maximum atomic E-state index is 13.1. The number of aliphatic hydroxyl groups is 1. The summed E-state index contributed by atoms with van der Waals surface area (Å²) in [6.45, 7) is 8.29. The third kappa shape index (κ3) is 2.21. The Balaban J connectivity index is 1.91. The van der Waals surface area contributed by atoms with E-state index in [1.165, 1.54) is 19.8 Å². The summed E-state index contributed by atoms with van der Waals surface area (Å²) in [4.78, 5) is 26.1. The summed E-state index contributed by atoms with van der Waals surface area (Å²) in [5, 5.41) is 11.0. The fourth-order valence-electron chi connectivity index (χ4n) is 7.85. The average molecular weight is 376 g/mol. The minimum absolute atomic E-state index is 0.184. The van der Waals surface area contributed by atoms with Crippen molar-refractivity contribution in [3.05, 3.63) is 12.2 Å². The highest BCUT2D eigenvalue weighted by molar-refractivity contribution is 5.81. The van der Waals surface area contributed by atoms with Gasteiger partial charge in [-0.25, -0.2) is 0 Å². The topological polar surface area (TPSA) is 72.8 Å². The molecule has 5 heteroatoms. The van der Waals surface area contributed by atoms with Crippen LogP contribution in [0.15, 0.2) is 12.2 Å². The molecule has 150 valence electrons. The minimum Gasteiger partial charge on any atom is -0.469 e. The molecule has 27 heavy (non-hydrogen) atoms. The van der Waals surface area contributed by atoms with Gasteiger partial charge in [0.15, 0.2) is 0 Å². The number of esters is 2. The number of ether oxygens (including phenoxy) is 2. The van der Waals surface area contributed by atoms with Crippen molar-refractivity contribution < 1.29 is 24.2 Å². The van der Waals surface area contributed by atoms with E-state index in [1.807, 2.05) is 0 Å². The van der Waals surface area contributed by atoms with Crippen LogP contribution in [0.4, 0.5) is 0 Å². The van der Waals surface area contributed by atoms with Crippen molar-refractivity contribution in [2.24, 2.45) is 46.3 Å². The lowest BCUT2D eigenvalue weighted by Crippen LogP contribution is -2.56. The van der Waals surface area contributed by atoms with Gasteiger partial charge in [-0.2, -0.15) is 0 Å².